The minimum atomic E-state index is -0.735. The van der Waals surface area contributed by atoms with Crippen molar-refractivity contribution in [3.63, 3.8) is 0 Å². The lowest BCUT2D eigenvalue weighted by molar-refractivity contribution is -0.149. The summed E-state index contributed by atoms with van der Waals surface area (Å²) in [5.74, 6) is -2.46. The molecule has 0 unspecified atom stereocenters. The third-order valence-electron chi connectivity index (χ3n) is 3.85. The molecule has 0 aliphatic carbocycles. The van der Waals surface area contributed by atoms with E-state index in [0.717, 1.165) is 0 Å². The largest absolute Gasteiger partial charge is 0.455 e. The van der Waals surface area contributed by atoms with Gasteiger partial charge in [0.25, 0.3) is 11.8 Å². The van der Waals surface area contributed by atoms with E-state index in [2.05, 4.69) is 16.2 Å². The van der Waals surface area contributed by atoms with Crippen molar-refractivity contribution in [3.05, 3.63) is 65.7 Å². The molecule has 0 fully saturated rings. The third-order valence-corrected chi connectivity index (χ3v) is 3.85. The van der Waals surface area contributed by atoms with Gasteiger partial charge in [-0.05, 0) is 43.3 Å². The number of hydrazine groups is 1. The van der Waals surface area contributed by atoms with E-state index in [-0.39, 0.29) is 18.6 Å². The van der Waals surface area contributed by atoms with Crippen LogP contribution in [-0.4, -0.2) is 36.1 Å². The summed E-state index contributed by atoms with van der Waals surface area (Å²) in [6, 6.07) is 14.6. The molecule has 0 spiro atoms. The van der Waals surface area contributed by atoms with Gasteiger partial charge < -0.3 is 10.1 Å². The van der Waals surface area contributed by atoms with Crippen LogP contribution in [-0.2, 0) is 19.1 Å². The van der Waals surface area contributed by atoms with E-state index in [4.69, 9.17) is 4.74 Å². The molecule has 0 heterocycles. The Bertz CT molecular complexity index is 926. The van der Waals surface area contributed by atoms with E-state index in [0.29, 0.717) is 16.8 Å². The lowest BCUT2D eigenvalue weighted by Gasteiger charge is -2.08. The Balaban J connectivity index is 1.64. The number of anilines is 1. The van der Waals surface area contributed by atoms with E-state index in [9.17, 15) is 24.0 Å². The van der Waals surface area contributed by atoms with Crippen LogP contribution in [0.3, 0.4) is 0 Å². The quantitative estimate of drug-likeness (QED) is 0.344. The van der Waals surface area contributed by atoms with E-state index < -0.39 is 30.3 Å². The van der Waals surface area contributed by atoms with Crippen LogP contribution in [0.25, 0.3) is 0 Å². The van der Waals surface area contributed by atoms with E-state index >= 15 is 0 Å². The number of carbonyl (C=O) groups excluding carboxylic acids is 5. The van der Waals surface area contributed by atoms with Gasteiger partial charge in [-0.15, -0.1) is 0 Å². The normalized spacial score (nSPS) is 9.90. The van der Waals surface area contributed by atoms with Crippen molar-refractivity contribution >= 4 is 35.2 Å². The molecule has 0 atom stereocenters. The molecule has 0 radical (unpaired) electrons. The highest BCUT2D eigenvalue weighted by molar-refractivity contribution is 5.96. The first-order chi connectivity index (χ1) is 14.3. The van der Waals surface area contributed by atoms with Gasteiger partial charge in [0.1, 0.15) is 0 Å². The van der Waals surface area contributed by atoms with Crippen molar-refractivity contribution < 1.29 is 28.7 Å². The van der Waals surface area contributed by atoms with Crippen molar-refractivity contribution in [2.24, 2.45) is 0 Å². The average molecular weight is 411 g/mol. The van der Waals surface area contributed by atoms with Crippen molar-refractivity contribution in [2.45, 2.75) is 19.8 Å². The molecule has 0 aliphatic rings. The standard InChI is InChI=1S/C21H21N3O6/c1-14(25)15-7-9-17(10-8-15)22-18(26)11-12-20(28)30-13-19(27)23-24-21(29)16-5-3-2-4-6-16/h2-10H,11-13H2,1H3,(H,22,26)(H,23,27)(H,24,29). The van der Waals surface area contributed by atoms with E-state index in [1.165, 1.54) is 6.92 Å². The topological polar surface area (TPSA) is 131 Å². The molecule has 0 bridgehead atoms. The smallest absolute Gasteiger partial charge is 0.306 e. The summed E-state index contributed by atoms with van der Waals surface area (Å²) in [4.78, 5) is 58.2. The molecule has 2 aromatic rings. The summed E-state index contributed by atoms with van der Waals surface area (Å²) in [6.07, 6.45) is -0.360. The highest BCUT2D eigenvalue weighted by Crippen LogP contribution is 2.10. The molecule has 0 saturated carbocycles. The summed E-state index contributed by atoms with van der Waals surface area (Å²) in [6.45, 7) is 0.846. The maximum Gasteiger partial charge on any atom is 0.306 e. The second-order valence-electron chi connectivity index (χ2n) is 6.21. The summed E-state index contributed by atoms with van der Waals surface area (Å²) in [5.41, 5.74) is 5.70. The Morgan fingerprint density at radius 1 is 0.767 bits per heavy atom. The summed E-state index contributed by atoms with van der Waals surface area (Å²) in [7, 11) is 0. The minimum Gasteiger partial charge on any atom is -0.455 e. The van der Waals surface area contributed by atoms with Gasteiger partial charge in [-0.3, -0.25) is 34.8 Å². The number of ketones is 1. The molecule has 2 rings (SSSR count). The van der Waals surface area contributed by atoms with Crippen molar-refractivity contribution in [3.8, 4) is 0 Å². The van der Waals surface area contributed by atoms with Gasteiger partial charge in [0.05, 0.1) is 6.42 Å². The van der Waals surface area contributed by atoms with E-state index in [1.807, 2.05) is 0 Å². The molecule has 0 aliphatic heterocycles. The number of esters is 1. The number of nitrogens with one attached hydrogen (secondary N) is 3. The van der Waals surface area contributed by atoms with Crippen molar-refractivity contribution in [1.29, 1.82) is 0 Å². The SMILES string of the molecule is CC(=O)c1ccc(NC(=O)CCC(=O)OCC(=O)NNC(=O)c2ccccc2)cc1. The van der Waals surface area contributed by atoms with Crippen molar-refractivity contribution in [2.75, 3.05) is 11.9 Å². The van der Waals surface area contributed by atoms with Crippen LogP contribution in [0.4, 0.5) is 5.69 Å². The fraction of sp³-hybridized carbons (Fsp3) is 0.190. The zero-order chi connectivity index (χ0) is 21.9. The van der Waals surface area contributed by atoms with Gasteiger partial charge in [-0.25, -0.2) is 0 Å². The molecular weight excluding hydrogens is 390 g/mol. The Morgan fingerprint density at radius 2 is 1.43 bits per heavy atom. The molecule has 9 nitrogen and oxygen atoms in total. The van der Waals surface area contributed by atoms with Gasteiger partial charge in [-0.2, -0.15) is 0 Å². The third kappa shape index (κ3) is 7.55. The Hall–Kier alpha value is -4.01. The molecule has 3 N–H and O–H groups in total. The van der Waals surface area contributed by atoms with Crippen LogP contribution in [0.1, 0.15) is 40.5 Å². The summed E-state index contributed by atoms with van der Waals surface area (Å²) in [5, 5.41) is 2.59. The molecule has 0 saturated heterocycles. The molecule has 0 aromatic heterocycles. The second-order valence-corrected chi connectivity index (χ2v) is 6.21. The number of amides is 3. The molecular formula is C21H21N3O6. The highest BCUT2D eigenvalue weighted by atomic mass is 16.5. The highest BCUT2D eigenvalue weighted by Gasteiger charge is 2.12. The van der Waals surface area contributed by atoms with Crippen LogP contribution < -0.4 is 16.2 Å². The average Bonchev–Trinajstić information content (AvgIpc) is 2.75. The molecule has 156 valence electrons. The fourth-order valence-corrected chi connectivity index (χ4v) is 2.27. The number of carbonyl (C=O) groups is 5. The van der Waals surface area contributed by atoms with Crippen LogP contribution in [0.5, 0.6) is 0 Å². The van der Waals surface area contributed by atoms with Crippen LogP contribution >= 0.6 is 0 Å². The number of rotatable bonds is 8. The lowest BCUT2D eigenvalue weighted by Crippen LogP contribution is -2.43. The van der Waals surface area contributed by atoms with Gasteiger partial charge in [-0.1, -0.05) is 18.2 Å². The zero-order valence-corrected chi connectivity index (χ0v) is 16.3. The molecule has 2 aromatic carbocycles. The summed E-state index contributed by atoms with van der Waals surface area (Å²) < 4.78 is 4.76. The molecule has 30 heavy (non-hydrogen) atoms. The van der Waals surface area contributed by atoms with Crippen LogP contribution in [0, 0.1) is 0 Å². The predicted molar refractivity (Wildman–Crippen MR) is 107 cm³/mol. The lowest BCUT2D eigenvalue weighted by atomic mass is 10.1. The predicted octanol–water partition coefficient (Wildman–Crippen LogP) is 1.61. The molecule has 3 amide bonds. The Morgan fingerprint density at radius 3 is 2.07 bits per heavy atom. The number of ether oxygens (including phenoxy) is 1. The number of hydrogen-bond acceptors (Lipinski definition) is 6. The Kier molecular flexibility index (Phi) is 8.25. The first-order valence-electron chi connectivity index (χ1n) is 9.06. The van der Waals surface area contributed by atoms with E-state index in [1.54, 1.807) is 54.6 Å². The van der Waals surface area contributed by atoms with Gasteiger partial charge in [0, 0.05) is 23.2 Å². The minimum absolute atomic E-state index is 0.0840. The monoisotopic (exact) mass is 411 g/mol. The maximum absolute atomic E-state index is 11.9. The van der Waals surface area contributed by atoms with Crippen LogP contribution in [0.2, 0.25) is 0 Å². The van der Waals surface area contributed by atoms with Gasteiger partial charge in [0.2, 0.25) is 5.91 Å². The maximum atomic E-state index is 11.9. The fourth-order valence-electron chi connectivity index (χ4n) is 2.27. The summed E-state index contributed by atoms with van der Waals surface area (Å²) >= 11 is 0. The first kappa shape index (κ1) is 22.3. The zero-order valence-electron chi connectivity index (χ0n) is 16.3. The number of benzene rings is 2. The van der Waals surface area contributed by atoms with Gasteiger partial charge >= 0.3 is 5.97 Å². The van der Waals surface area contributed by atoms with Gasteiger partial charge in [0.15, 0.2) is 12.4 Å². The number of hydrogen-bond donors (Lipinski definition) is 3. The Labute approximate surface area is 172 Å². The number of Topliss-reactive ketones (excluding diaryl/α,β-unsaturated/α-hetero) is 1. The first-order valence-corrected chi connectivity index (χ1v) is 9.06. The molecule has 9 heteroatoms. The second kappa shape index (κ2) is 11.1. The van der Waals surface area contributed by atoms with Crippen molar-refractivity contribution in [1.82, 2.24) is 10.9 Å². The van der Waals surface area contributed by atoms with Crippen LogP contribution in [0.15, 0.2) is 54.6 Å².